The van der Waals surface area contributed by atoms with E-state index < -0.39 is 30.0 Å². The fourth-order valence-corrected chi connectivity index (χ4v) is 3.55. The first-order chi connectivity index (χ1) is 9.45. The summed E-state index contributed by atoms with van der Waals surface area (Å²) in [7, 11) is 0. The van der Waals surface area contributed by atoms with Crippen molar-refractivity contribution in [3.8, 4) is 0 Å². The van der Waals surface area contributed by atoms with E-state index in [9.17, 15) is 19.8 Å². The largest absolute Gasteiger partial charge is 0.457 e. The number of carbonyl (C=O) groups excluding carboxylic acids is 2. The second-order valence-corrected chi connectivity index (χ2v) is 5.61. The van der Waals surface area contributed by atoms with E-state index in [-0.39, 0.29) is 18.0 Å². The molecule has 0 aromatic carbocycles. The Labute approximate surface area is 116 Å². The van der Waals surface area contributed by atoms with Gasteiger partial charge in [-0.05, 0) is 25.0 Å². The van der Waals surface area contributed by atoms with Gasteiger partial charge in [-0.3, -0.25) is 4.79 Å². The van der Waals surface area contributed by atoms with Crippen molar-refractivity contribution >= 4 is 11.8 Å². The standard InChI is InChI=1S/C15H16O5/c1-6-3-9(17)12-7(2)15(19)20-14(12)13-8(5-16)4-10(18)11(6)13/h4,9,12-14,16-17H,2-3,5H2,1H3/t9-,12-,13+,14+/m1/s1. The first-order valence-electron chi connectivity index (χ1n) is 6.58. The molecule has 5 nitrogen and oxygen atoms in total. The minimum absolute atomic E-state index is 0.169. The van der Waals surface area contributed by atoms with Crippen molar-refractivity contribution in [3.63, 3.8) is 0 Å². The zero-order valence-corrected chi connectivity index (χ0v) is 11.1. The molecule has 0 bridgehead atoms. The lowest BCUT2D eigenvalue weighted by Crippen LogP contribution is -2.34. The average Bonchev–Trinajstić information content (AvgIpc) is 2.83. The number of hydrogen-bond acceptors (Lipinski definition) is 5. The molecule has 0 radical (unpaired) electrons. The van der Waals surface area contributed by atoms with E-state index in [1.807, 2.05) is 0 Å². The van der Waals surface area contributed by atoms with Gasteiger partial charge >= 0.3 is 5.97 Å². The number of hydrogen-bond donors (Lipinski definition) is 2. The van der Waals surface area contributed by atoms with Crippen LogP contribution in [0.25, 0.3) is 0 Å². The van der Waals surface area contributed by atoms with Crippen molar-refractivity contribution in [1.29, 1.82) is 0 Å². The Balaban J connectivity index is 2.13. The molecule has 2 N–H and O–H groups in total. The third kappa shape index (κ3) is 1.63. The van der Waals surface area contributed by atoms with Gasteiger partial charge in [0.05, 0.1) is 18.6 Å². The highest BCUT2D eigenvalue weighted by molar-refractivity contribution is 6.09. The van der Waals surface area contributed by atoms with Gasteiger partial charge in [-0.15, -0.1) is 0 Å². The Kier molecular flexibility index (Phi) is 2.92. The van der Waals surface area contributed by atoms with Gasteiger partial charge in [0, 0.05) is 17.1 Å². The van der Waals surface area contributed by atoms with Crippen molar-refractivity contribution in [2.45, 2.75) is 25.6 Å². The van der Waals surface area contributed by atoms with Crippen LogP contribution in [0, 0.1) is 11.8 Å². The molecular weight excluding hydrogens is 260 g/mol. The molecule has 106 valence electrons. The summed E-state index contributed by atoms with van der Waals surface area (Å²) in [6.45, 7) is 5.23. The maximum Gasteiger partial charge on any atom is 0.334 e. The molecule has 0 unspecified atom stereocenters. The second-order valence-electron chi connectivity index (χ2n) is 5.61. The smallest absolute Gasteiger partial charge is 0.334 e. The van der Waals surface area contributed by atoms with Crippen molar-refractivity contribution in [2.75, 3.05) is 6.61 Å². The van der Waals surface area contributed by atoms with Crippen molar-refractivity contribution in [1.82, 2.24) is 0 Å². The number of aliphatic hydroxyl groups excluding tert-OH is 2. The number of esters is 1. The summed E-state index contributed by atoms with van der Waals surface area (Å²) in [5.74, 6) is -1.69. The molecule has 3 aliphatic rings. The van der Waals surface area contributed by atoms with Crippen LogP contribution < -0.4 is 0 Å². The van der Waals surface area contributed by atoms with Crippen LogP contribution in [0.4, 0.5) is 0 Å². The molecule has 1 saturated heterocycles. The van der Waals surface area contributed by atoms with Crippen LogP contribution in [0.15, 0.2) is 34.9 Å². The molecule has 1 fully saturated rings. The topological polar surface area (TPSA) is 83.8 Å². The lowest BCUT2D eigenvalue weighted by atomic mass is 9.82. The number of rotatable bonds is 1. The molecule has 4 atom stereocenters. The quantitative estimate of drug-likeness (QED) is 0.531. The molecule has 20 heavy (non-hydrogen) atoms. The predicted octanol–water partition coefficient (Wildman–Crippen LogP) is 0.283. The first-order valence-corrected chi connectivity index (χ1v) is 6.58. The summed E-state index contributed by atoms with van der Waals surface area (Å²) in [6.07, 6.45) is 0.265. The second kappa shape index (κ2) is 4.40. The van der Waals surface area contributed by atoms with Crippen LogP contribution >= 0.6 is 0 Å². The number of ether oxygens (including phenoxy) is 1. The van der Waals surface area contributed by atoms with E-state index in [1.165, 1.54) is 6.08 Å². The highest BCUT2D eigenvalue weighted by Crippen LogP contribution is 2.47. The van der Waals surface area contributed by atoms with Crippen LogP contribution in [0.5, 0.6) is 0 Å². The molecule has 5 heteroatoms. The molecule has 0 spiro atoms. The summed E-state index contributed by atoms with van der Waals surface area (Å²) in [4.78, 5) is 23.8. The van der Waals surface area contributed by atoms with Gasteiger partial charge in [0.1, 0.15) is 6.10 Å². The van der Waals surface area contributed by atoms with E-state index in [1.54, 1.807) is 6.92 Å². The molecule has 1 aliphatic heterocycles. The Morgan fingerprint density at radius 3 is 2.80 bits per heavy atom. The normalized spacial score (nSPS) is 36.5. The van der Waals surface area contributed by atoms with Crippen LogP contribution in [-0.4, -0.2) is 40.8 Å². The SMILES string of the molecule is C=C1C(=O)O[C@@H]2[C@H]3C(CO)=CC(=O)C3=C(C)C[C@@H](O)[C@@H]12. The van der Waals surface area contributed by atoms with E-state index in [0.717, 1.165) is 5.57 Å². The Hall–Kier alpha value is -1.72. The average molecular weight is 276 g/mol. The van der Waals surface area contributed by atoms with Gasteiger partial charge in [0.2, 0.25) is 0 Å². The highest BCUT2D eigenvalue weighted by atomic mass is 16.6. The highest BCUT2D eigenvalue weighted by Gasteiger charge is 2.52. The van der Waals surface area contributed by atoms with Gasteiger partial charge in [0.15, 0.2) is 5.78 Å². The summed E-state index contributed by atoms with van der Waals surface area (Å²) >= 11 is 0. The fraction of sp³-hybridized carbons (Fsp3) is 0.467. The molecule has 0 amide bonds. The zero-order valence-electron chi connectivity index (χ0n) is 11.1. The van der Waals surface area contributed by atoms with E-state index in [2.05, 4.69) is 6.58 Å². The van der Waals surface area contributed by atoms with Crippen LogP contribution in [0.3, 0.4) is 0 Å². The number of fused-ring (bicyclic) bond motifs is 3. The third-order valence-electron chi connectivity index (χ3n) is 4.45. The van der Waals surface area contributed by atoms with Gasteiger partial charge < -0.3 is 14.9 Å². The van der Waals surface area contributed by atoms with Crippen molar-refractivity contribution in [2.24, 2.45) is 11.8 Å². The molecule has 0 saturated carbocycles. The number of allylic oxidation sites excluding steroid dienone is 1. The molecular formula is C15H16O5. The molecule has 1 heterocycles. The maximum absolute atomic E-state index is 12.1. The Morgan fingerprint density at radius 2 is 2.15 bits per heavy atom. The number of carbonyl (C=O) groups is 2. The van der Waals surface area contributed by atoms with Gasteiger partial charge in [-0.25, -0.2) is 4.79 Å². The minimum Gasteiger partial charge on any atom is -0.457 e. The van der Waals surface area contributed by atoms with Gasteiger partial charge in [0.25, 0.3) is 0 Å². The fourth-order valence-electron chi connectivity index (χ4n) is 3.55. The summed E-state index contributed by atoms with van der Waals surface area (Å²) < 4.78 is 5.33. The number of aliphatic hydroxyl groups is 2. The van der Waals surface area contributed by atoms with Crippen LogP contribution in [0.2, 0.25) is 0 Å². The predicted molar refractivity (Wildman–Crippen MR) is 69.5 cm³/mol. The van der Waals surface area contributed by atoms with Crippen molar-refractivity contribution < 1.29 is 24.5 Å². The minimum atomic E-state index is -0.801. The summed E-state index contributed by atoms with van der Waals surface area (Å²) in [6, 6.07) is 0. The zero-order chi connectivity index (χ0) is 14.6. The maximum atomic E-state index is 12.1. The van der Waals surface area contributed by atoms with E-state index in [0.29, 0.717) is 17.6 Å². The molecule has 0 aromatic rings. The van der Waals surface area contributed by atoms with Gasteiger partial charge in [-0.2, -0.15) is 0 Å². The van der Waals surface area contributed by atoms with E-state index >= 15 is 0 Å². The summed E-state index contributed by atoms with van der Waals surface area (Å²) in [5.41, 5.74) is 2.11. The first kappa shape index (κ1) is 13.3. The third-order valence-corrected chi connectivity index (χ3v) is 4.45. The number of ketones is 1. The molecule has 0 aromatic heterocycles. The van der Waals surface area contributed by atoms with Crippen molar-refractivity contribution in [3.05, 3.63) is 34.9 Å². The lowest BCUT2D eigenvalue weighted by molar-refractivity contribution is -0.140. The molecule has 3 rings (SSSR count). The summed E-state index contributed by atoms with van der Waals surface area (Å²) in [5, 5.41) is 19.7. The van der Waals surface area contributed by atoms with Crippen LogP contribution in [0.1, 0.15) is 13.3 Å². The Morgan fingerprint density at radius 1 is 1.45 bits per heavy atom. The van der Waals surface area contributed by atoms with Crippen LogP contribution in [-0.2, 0) is 14.3 Å². The lowest BCUT2D eigenvalue weighted by Gasteiger charge is -2.25. The molecule has 2 aliphatic carbocycles. The van der Waals surface area contributed by atoms with E-state index in [4.69, 9.17) is 4.74 Å². The van der Waals surface area contributed by atoms with Gasteiger partial charge in [-0.1, -0.05) is 12.2 Å². The monoisotopic (exact) mass is 276 g/mol. The Bertz CT molecular complexity index is 583.